The summed E-state index contributed by atoms with van der Waals surface area (Å²) in [5.41, 5.74) is 0.284. The molecule has 0 aliphatic rings. The number of hydrogen-bond donors (Lipinski definition) is 0. The zero-order chi connectivity index (χ0) is 12.4. The maximum absolute atomic E-state index is 5.41. The Balaban J connectivity index is 3.59. The minimum Gasteiger partial charge on any atom is -0.377 e. The van der Waals surface area contributed by atoms with Crippen LogP contribution in [0.15, 0.2) is 12.2 Å². The summed E-state index contributed by atoms with van der Waals surface area (Å²) < 4.78 is 21.1. The van der Waals surface area contributed by atoms with E-state index in [1.807, 2.05) is 6.92 Å². The van der Waals surface area contributed by atoms with E-state index in [2.05, 4.69) is 6.58 Å². The van der Waals surface area contributed by atoms with Gasteiger partial charge in [-0.15, -0.1) is 0 Å². The predicted molar refractivity (Wildman–Crippen MR) is 67.4 cm³/mol. The Morgan fingerprint density at radius 2 is 1.75 bits per heavy atom. The van der Waals surface area contributed by atoms with Crippen LogP contribution in [0.3, 0.4) is 0 Å². The maximum atomic E-state index is 5.41. The number of rotatable bonds is 10. The fourth-order valence-electron chi connectivity index (χ4n) is 1.35. The molecule has 0 aromatic carbocycles. The van der Waals surface area contributed by atoms with Crippen molar-refractivity contribution in [1.29, 1.82) is 0 Å². The second-order valence-electron chi connectivity index (χ2n) is 3.76. The third-order valence-corrected chi connectivity index (χ3v) is 4.64. The summed E-state index contributed by atoms with van der Waals surface area (Å²) in [6.07, 6.45) is 1.01. The van der Waals surface area contributed by atoms with Crippen LogP contribution < -0.4 is 0 Å². The molecule has 96 valence electrons. The van der Waals surface area contributed by atoms with Crippen LogP contribution in [0.4, 0.5) is 0 Å². The molecule has 0 aromatic heterocycles. The highest BCUT2D eigenvalue weighted by Crippen LogP contribution is 2.12. The van der Waals surface area contributed by atoms with E-state index in [-0.39, 0.29) is 0 Å². The number of hydrogen-bond acceptors (Lipinski definition) is 4. The molecule has 0 unspecified atom stereocenters. The lowest BCUT2D eigenvalue weighted by atomic mass is 10.4. The molecule has 0 N–H and O–H groups in total. The lowest BCUT2D eigenvalue weighted by Gasteiger charge is -2.28. The van der Waals surface area contributed by atoms with Crippen LogP contribution in [-0.4, -0.2) is 49.7 Å². The molecule has 0 radical (unpaired) electrons. The Kier molecular flexibility index (Phi) is 8.78. The van der Waals surface area contributed by atoms with Crippen molar-refractivity contribution in [3.05, 3.63) is 12.2 Å². The first-order chi connectivity index (χ1) is 7.60. The molecule has 16 heavy (non-hydrogen) atoms. The summed E-state index contributed by atoms with van der Waals surface area (Å²) in [5.74, 6) is 0. The second kappa shape index (κ2) is 8.89. The average molecular weight is 248 g/mol. The molecule has 4 nitrogen and oxygen atoms in total. The fraction of sp³-hybridized carbons (Fsp3) is 0.818. The van der Waals surface area contributed by atoms with E-state index in [1.165, 1.54) is 0 Å². The van der Waals surface area contributed by atoms with Crippen molar-refractivity contribution in [2.24, 2.45) is 0 Å². The topological polar surface area (TPSA) is 36.9 Å². The van der Waals surface area contributed by atoms with Gasteiger partial charge in [0, 0.05) is 27.9 Å². The van der Waals surface area contributed by atoms with Crippen molar-refractivity contribution < 1.29 is 18.9 Å². The lowest BCUT2D eigenvalue weighted by Crippen LogP contribution is -2.42. The van der Waals surface area contributed by atoms with Gasteiger partial charge >= 0.3 is 0 Å². The van der Waals surface area contributed by atoms with Gasteiger partial charge in [0.2, 0.25) is 5.60 Å². The Morgan fingerprint density at radius 1 is 1.19 bits per heavy atom. The summed E-state index contributed by atoms with van der Waals surface area (Å²) in [7, 11) is 4.23. The molecule has 0 saturated carbocycles. The molecule has 0 bridgehead atoms. The molecule has 0 fully saturated rings. The van der Waals surface area contributed by atoms with E-state index in [0.717, 1.165) is 24.6 Å². The first-order valence-corrected chi connectivity index (χ1v) is 7.18. The van der Waals surface area contributed by atoms with Crippen LogP contribution >= 0.6 is 0 Å². The van der Waals surface area contributed by atoms with Gasteiger partial charge in [0.25, 0.3) is 0 Å². The zero-order valence-corrected chi connectivity index (χ0v) is 12.3. The van der Waals surface area contributed by atoms with E-state index in [4.69, 9.17) is 18.9 Å². The van der Waals surface area contributed by atoms with Gasteiger partial charge in [-0.1, -0.05) is 18.2 Å². The highest BCUT2D eigenvalue weighted by molar-refractivity contribution is 6.38. The first kappa shape index (κ1) is 15.8. The average Bonchev–Trinajstić information content (AvgIpc) is 2.29. The molecule has 0 aliphatic heterocycles. The Hall–Kier alpha value is -0.203. The predicted octanol–water partition coefficient (Wildman–Crippen LogP) is 1.11. The molecule has 0 saturated heterocycles. The minimum absolute atomic E-state index is 0.598. The van der Waals surface area contributed by atoms with Crippen LogP contribution in [0.2, 0.25) is 6.04 Å². The molecule has 0 aromatic rings. The SMILES string of the molecule is C=C(C)COCCC[SiH2]C(OC)(OC)OC. The molecule has 0 spiro atoms. The normalized spacial score (nSPS) is 12.5. The first-order valence-electron chi connectivity index (χ1n) is 5.48. The zero-order valence-electron chi connectivity index (χ0n) is 10.9. The molecular weight excluding hydrogens is 224 g/mol. The third-order valence-electron chi connectivity index (χ3n) is 2.30. The Labute approximate surface area is 101 Å². The highest BCUT2D eigenvalue weighted by atomic mass is 28.2. The third kappa shape index (κ3) is 6.39. The van der Waals surface area contributed by atoms with E-state index in [0.29, 0.717) is 6.61 Å². The van der Waals surface area contributed by atoms with E-state index in [1.54, 1.807) is 21.3 Å². The van der Waals surface area contributed by atoms with Crippen molar-refractivity contribution in [2.75, 3.05) is 34.5 Å². The van der Waals surface area contributed by atoms with E-state index in [9.17, 15) is 0 Å². The van der Waals surface area contributed by atoms with Gasteiger partial charge in [0.1, 0.15) is 9.52 Å². The van der Waals surface area contributed by atoms with Crippen molar-refractivity contribution in [3.63, 3.8) is 0 Å². The largest absolute Gasteiger partial charge is 0.377 e. The van der Waals surface area contributed by atoms with Gasteiger partial charge in [0.05, 0.1) is 6.61 Å². The van der Waals surface area contributed by atoms with Crippen LogP contribution in [0.25, 0.3) is 0 Å². The van der Waals surface area contributed by atoms with Crippen molar-refractivity contribution in [1.82, 2.24) is 0 Å². The highest BCUT2D eigenvalue weighted by Gasteiger charge is 2.28. The van der Waals surface area contributed by atoms with Crippen LogP contribution in [0.1, 0.15) is 13.3 Å². The fourth-order valence-corrected chi connectivity index (χ4v) is 2.85. The molecule has 0 rings (SSSR count). The smallest absolute Gasteiger partial charge is 0.248 e. The van der Waals surface area contributed by atoms with Crippen molar-refractivity contribution >= 4 is 9.52 Å². The molecular formula is C11H24O4Si. The molecule has 0 aliphatic carbocycles. The van der Waals surface area contributed by atoms with Crippen LogP contribution in [-0.2, 0) is 18.9 Å². The van der Waals surface area contributed by atoms with E-state index >= 15 is 0 Å². The summed E-state index contributed by atoms with van der Waals surface area (Å²) >= 11 is 0. The van der Waals surface area contributed by atoms with Crippen molar-refractivity contribution in [2.45, 2.75) is 25.0 Å². The van der Waals surface area contributed by atoms with Gasteiger partial charge in [-0.3, -0.25) is 0 Å². The van der Waals surface area contributed by atoms with Gasteiger partial charge in [-0.2, -0.15) is 0 Å². The standard InChI is InChI=1S/C11H24O4Si/c1-10(2)9-15-7-6-8-16-11(12-3,13-4)14-5/h1,6-9,16H2,2-5H3. The van der Waals surface area contributed by atoms with Gasteiger partial charge in [0.15, 0.2) is 0 Å². The van der Waals surface area contributed by atoms with Gasteiger partial charge in [-0.05, 0) is 13.3 Å². The second-order valence-corrected chi connectivity index (χ2v) is 5.84. The number of ether oxygens (including phenoxy) is 4. The van der Waals surface area contributed by atoms with Crippen LogP contribution in [0.5, 0.6) is 0 Å². The molecule has 0 heterocycles. The lowest BCUT2D eigenvalue weighted by molar-refractivity contribution is -0.294. The molecule has 0 amide bonds. The monoisotopic (exact) mass is 248 g/mol. The molecule has 5 heteroatoms. The quantitative estimate of drug-likeness (QED) is 0.251. The Morgan fingerprint density at radius 3 is 2.19 bits per heavy atom. The van der Waals surface area contributed by atoms with Gasteiger partial charge < -0.3 is 18.9 Å². The summed E-state index contributed by atoms with van der Waals surface area (Å²) in [6.45, 7) is 7.14. The maximum Gasteiger partial charge on any atom is 0.248 e. The summed E-state index contributed by atoms with van der Waals surface area (Å²) in [5, 5.41) is 0. The summed E-state index contributed by atoms with van der Waals surface area (Å²) in [6, 6.07) is 1.06. The van der Waals surface area contributed by atoms with E-state index < -0.39 is 15.1 Å². The van der Waals surface area contributed by atoms with Crippen LogP contribution in [0, 0.1) is 0 Å². The minimum atomic E-state index is -0.769. The summed E-state index contributed by atoms with van der Waals surface area (Å²) in [4.78, 5) is 0. The Bertz CT molecular complexity index is 184. The molecule has 0 atom stereocenters. The number of methoxy groups -OCH3 is 3. The van der Waals surface area contributed by atoms with Crippen molar-refractivity contribution in [3.8, 4) is 0 Å². The van der Waals surface area contributed by atoms with Gasteiger partial charge in [-0.25, -0.2) is 0 Å².